The normalized spacial score (nSPS) is 10.3. The van der Waals surface area contributed by atoms with Crippen LogP contribution in [-0.4, -0.2) is 18.4 Å². The fourth-order valence-electron chi connectivity index (χ4n) is 2.31. The van der Waals surface area contributed by atoms with Gasteiger partial charge in [0, 0.05) is 19.0 Å². The molecule has 0 aliphatic rings. The second kappa shape index (κ2) is 8.95. The molecule has 0 unspecified atom stereocenters. The van der Waals surface area contributed by atoms with E-state index in [1.54, 1.807) is 48.5 Å². The molecule has 0 aliphatic carbocycles. The van der Waals surface area contributed by atoms with Gasteiger partial charge in [-0.2, -0.15) is 0 Å². The van der Waals surface area contributed by atoms with Crippen molar-refractivity contribution in [3.63, 3.8) is 0 Å². The Morgan fingerprint density at radius 3 is 2.67 bits per heavy atom. The molecule has 7 heteroatoms. The number of para-hydroxylation sites is 2. The molecule has 2 aromatic carbocycles. The zero-order valence-electron chi connectivity index (χ0n) is 14.3. The summed E-state index contributed by atoms with van der Waals surface area (Å²) >= 11 is 1.34. The molecule has 2 amide bonds. The number of rotatable bonds is 7. The second-order valence-corrected chi connectivity index (χ2v) is 6.53. The van der Waals surface area contributed by atoms with Gasteiger partial charge in [-0.25, -0.2) is 4.39 Å². The Labute approximate surface area is 159 Å². The zero-order chi connectivity index (χ0) is 19.1. The lowest BCUT2D eigenvalue weighted by atomic mass is 10.2. The molecule has 5 nitrogen and oxygen atoms in total. The van der Waals surface area contributed by atoms with E-state index in [0.29, 0.717) is 22.1 Å². The molecule has 2 N–H and O–H groups in total. The quantitative estimate of drug-likeness (QED) is 0.633. The van der Waals surface area contributed by atoms with Crippen LogP contribution in [0.2, 0.25) is 0 Å². The number of anilines is 1. The topological polar surface area (TPSA) is 67.4 Å². The molecule has 0 spiro atoms. The van der Waals surface area contributed by atoms with Crippen molar-refractivity contribution in [2.75, 3.05) is 11.9 Å². The Morgan fingerprint density at radius 1 is 1.04 bits per heavy atom. The van der Waals surface area contributed by atoms with Gasteiger partial charge in [0.05, 0.1) is 10.6 Å². The molecule has 0 fully saturated rings. The van der Waals surface area contributed by atoms with E-state index in [-0.39, 0.29) is 24.8 Å². The average molecular weight is 384 g/mol. The molecule has 1 aromatic heterocycles. The Morgan fingerprint density at radius 2 is 1.89 bits per heavy atom. The number of hydrogen-bond donors (Lipinski definition) is 2. The van der Waals surface area contributed by atoms with Crippen molar-refractivity contribution in [2.45, 2.75) is 6.42 Å². The number of ether oxygens (including phenoxy) is 1. The van der Waals surface area contributed by atoms with E-state index in [4.69, 9.17) is 4.74 Å². The minimum atomic E-state index is -0.407. The van der Waals surface area contributed by atoms with Gasteiger partial charge >= 0.3 is 0 Å². The van der Waals surface area contributed by atoms with E-state index in [9.17, 15) is 14.0 Å². The molecular formula is C20H17FN2O3S. The number of thiophene rings is 1. The first-order valence-electron chi connectivity index (χ1n) is 8.26. The maximum absolute atomic E-state index is 13.3. The monoisotopic (exact) mass is 384 g/mol. The van der Waals surface area contributed by atoms with Gasteiger partial charge in [0.25, 0.3) is 5.91 Å². The zero-order valence-corrected chi connectivity index (χ0v) is 15.1. The maximum Gasteiger partial charge on any atom is 0.261 e. The number of carbonyl (C=O) groups excluding carboxylic acids is 2. The Bertz CT molecular complexity index is 928. The van der Waals surface area contributed by atoms with Gasteiger partial charge in [0.1, 0.15) is 11.6 Å². The first-order valence-corrected chi connectivity index (χ1v) is 9.14. The maximum atomic E-state index is 13.3. The van der Waals surface area contributed by atoms with Gasteiger partial charge in [-0.15, -0.1) is 11.3 Å². The van der Waals surface area contributed by atoms with E-state index < -0.39 is 5.82 Å². The first-order chi connectivity index (χ1) is 13.1. The van der Waals surface area contributed by atoms with E-state index in [0.717, 1.165) is 0 Å². The molecular weight excluding hydrogens is 367 g/mol. The number of hydrogen-bond acceptors (Lipinski definition) is 4. The second-order valence-electron chi connectivity index (χ2n) is 5.59. The summed E-state index contributed by atoms with van der Waals surface area (Å²) in [6, 6.07) is 16.2. The largest absolute Gasteiger partial charge is 0.455 e. The van der Waals surface area contributed by atoms with Crippen molar-refractivity contribution >= 4 is 28.8 Å². The Hall–Kier alpha value is -3.19. The van der Waals surface area contributed by atoms with Crippen LogP contribution in [0.3, 0.4) is 0 Å². The first kappa shape index (κ1) is 18.6. The van der Waals surface area contributed by atoms with Crippen molar-refractivity contribution in [3.8, 4) is 11.5 Å². The number of nitrogens with one attached hydrogen (secondary N) is 2. The molecule has 0 radical (unpaired) electrons. The lowest BCUT2D eigenvalue weighted by Gasteiger charge is -2.12. The molecule has 3 aromatic rings. The molecule has 138 valence electrons. The highest BCUT2D eigenvalue weighted by molar-refractivity contribution is 7.12. The SMILES string of the molecule is O=C(CCNC(=O)c1cccs1)Nc1ccccc1Oc1cccc(F)c1. The standard InChI is InChI=1S/C20H17FN2O3S/c21-14-5-3-6-15(13-14)26-17-8-2-1-7-16(17)23-19(24)10-11-22-20(25)18-9-4-12-27-18/h1-9,12-13H,10-11H2,(H,22,25)(H,23,24). The highest BCUT2D eigenvalue weighted by atomic mass is 32.1. The number of amides is 2. The molecule has 0 saturated heterocycles. The van der Waals surface area contributed by atoms with Crippen LogP contribution in [0.1, 0.15) is 16.1 Å². The van der Waals surface area contributed by atoms with Gasteiger partial charge < -0.3 is 15.4 Å². The Balaban J connectivity index is 1.55. The van der Waals surface area contributed by atoms with Gasteiger partial charge in [-0.1, -0.05) is 24.3 Å². The minimum Gasteiger partial charge on any atom is -0.455 e. The van der Waals surface area contributed by atoms with E-state index in [1.807, 2.05) is 5.38 Å². The van der Waals surface area contributed by atoms with Crippen molar-refractivity contribution in [3.05, 3.63) is 76.7 Å². The van der Waals surface area contributed by atoms with E-state index in [2.05, 4.69) is 10.6 Å². The number of halogens is 1. The summed E-state index contributed by atoms with van der Waals surface area (Å²) in [5.41, 5.74) is 0.469. The molecule has 27 heavy (non-hydrogen) atoms. The predicted octanol–water partition coefficient (Wildman–Crippen LogP) is 4.44. The van der Waals surface area contributed by atoms with Crippen LogP contribution < -0.4 is 15.4 Å². The predicted molar refractivity (Wildman–Crippen MR) is 103 cm³/mol. The van der Waals surface area contributed by atoms with Crippen LogP contribution in [-0.2, 0) is 4.79 Å². The van der Waals surface area contributed by atoms with Crippen LogP contribution >= 0.6 is 11.3 Å². The van der Waals surface area contributed by atoms with Crippen LogP contribution in [0.25, 0.3) is 0 Å². The summed E-state index contributed by atoms with van der Waals surface area (Å²) in [7, 11) is 0. The van der Waals surface area contributed by atoms with Crippen LogP contribution in [0.5, 0.6) is 11.5 Å². The van der Waals surface area contributed by atoms with Gasteiger partial charge in [0.15, 0.2) is 5.75 Å². The summed E-state index contributed by atoms with van der Waals surface area (Å²) < 4.78 is 19.0. The van der Waals surface area contributed by atoms with Gasteiger partial charge in [-0.05, 0) is 35.7 Å². The van der Waals surface area contributed by atoms with Gasteiger partial charge in [0.2, 0.25) is 5.91 Å². The van der Waals surface area contributed by atoms with E-state index >= 15 is 0 Å². The molecule has 0 bridgehead atoms. The molecule has 1 heterocycles. The molecule has 0 atom stereocenters. The minimum absolute atomic E-state index is 0.116. The Kier molecular flexibility index (Phi) is 6.17. The summed E-state index contributed by atoms with van der Waals surface area (Å²) in [4.78, 5) is 24.6. The van der Waals surface area contributed by atoms with Crippen molar-refractivity contribution in [1.82, 2.24) is 5.32 Å². The lowest BCUT2D eigenvalue weighted by molar-refractivity contribution is -0.116. The fourth-order valence-corrected chi connectivity index (χ4v) is 2.95. The van der Waals surface area contributed by atoms with Crippen molar-refractivity contribution < 1.29 is 18.7 Å². The third-order valence-electron chi connectivity index (χ3n) is 3.57. The summed E-state index contributed by atoms with van der Waals surface area (Å²) in [5, 5.41) is 7.26. The average Bonchev–Trinajstić information content (AvgIpc) is 3.18. The molecule has 0 saturated carbocycles. The fraction of sp³-hybridized carbons (Fsp3) is 0.100. The number of carbonyl (C=O) groups is 2. The summed E-state index contributed by atoms with van der Waals surface area (Å²) in [6.45, 7) is 0.218. The van der Waals surface area contributed by atoms with Crippen LogP contribution in [0.15, 0.2) is 66.0 Å². The third-order valence-corrected chi connectivity index (χ3v) is 4.44. The number of benzene rings is 2. The summed E-state index contributed by atoms with van der Waals surface area (Å²) in [5.74, 6) is -0.140. The van der Waals surface area contributed by atoms with Crippen LogP contribution in [0.4, 0.5) is 10.1 Å². The van der Waals surface area contributed by atoms with Crippen molar-refractivity contribution in [2.24, 2.45) is 0 Å². The highest BCUT2D eigenvalue weighted by Gasteiger charge is 2.10. The van der Waals surface area contributed by atoms with E-state index in [1.165, 1.54) is 23.5 Å². The summed E-state index contributed by atoms with van der Waals surface area (Å²) in [6.07, 6.45) is 0.116. The third kappa shape index (κ3) is 5.39. The molecule has 3 rings (SSSR count). The van der Waals surface area contributed by atoms with Crippen LogP contribution in [0, 0.1) is 5.82 Å². The van der Waals surface area contributed by atoms with Gasteiger partial charge in [-0.3, -0.25) is 9.59 Å². The lowest BCUT2D eigenvalue weighted by Crippen LogP contribution is -2.27. The molecule has 0 aliphatic heterocycles. The smallest absolute Gasteiger partial charge is 0.261 e. The van der Waals surface area contributed by atoms with Crippen molar-refractivity contribution in [1.29, 1.82) is 0 Å². The highest BCUT2D eigenvalue weighted by Crippen LogP contribution is 2.29.